The van der Waals surface area contributed by atoms with E-state index in [-0.39, 0.29) is 16.1 Å². The van der Waals surface area contributed by atoms with Crippen LogP contribution in [0.25, 0.3) is 0 Å². The van der Waals surface area contributed by atoms with Gasteiger partial charge in [0.05, 0.1) is 17.2 Å². The Hall–Kier alpha value is -0.840. The van der Waals surface area contributed by atoms with E-state index < -0.39 is 0 Å². The Morgan fingerprint density at radius 1 is 1.56 bits per heavy atom. The Balaban J connectivity index is 1.88. The van der Waals surface area contributed by atoms with Crippen molar-refractivity contribution in [1.29, 1.82) is 0 Å². The van der Waals surface area contributed by atoms with Crippen molar-refractivity contribution in [3.8, 4) is 0 Å². The molecule has 1 aliphatic rings. The predicted octanol–water partition coefficient (Wildman–Crippen LogP) is 2.54. The fourth-order valence-electron chi connectivity index (χ4n) is 1.85. The second-order valence-corrected chi connectivity index (χ2v) is 5.06. The molecule has 1 unspecified atom stereocenters. The number of hydrogen-bond donors (Lipinski definition) is 1. The summed E-state index contributed by atoms with van der Waals surface area (Å²) in [5, 5.41) is 3.34. The number of amides is 1. The highest BCUT2D eigenvalue weighted by atomic mass is 35.5. The average Bonchev–Trinajstić information content (AvgIpc) is 2.40. The highest BCUT2D eigenvalue weighted by molar-refractivity contribution is 6.41. The van der Waals surface area contributed by atoms with Crippen molar-refractivity contribution in [3.63, 3.8) is 0 Å². The zero-order chi connectivity index (χ0) is 13.0. The standard InChI is InChI=1S/C12H14Cl2N2O2/c13-10-4-9(6-15-11(10)14)12(17)16-5-8-2-1-3-18-7-8/h4,6,8H,1-3,5,7H2,(H,16,17). The van der Waals surface area contributed by atoms with E-state index in [0.717, 1.165) is 19.4 Å². The molecule has 98 valence electrons. The summed E-state index contributed by atoms with van der Waals surface area (Å²) in [6, 6.07) is 1.52. The van der Waals surface area contributed by atoms with Crippen molar-refractivity contribution in [3.05, 3.63) is 28.0 Å². The molecular formula is C12H14Cl2N2O2. The van der Waals surface area contributed by atoms with Crippen molar-refractivity contribution < 1.29 is 9.53 Å². The number of hydrogen-bond acceptors (Lipinski definition) is 3. The van der Waals surface area contributed by atoms with E-state index in [9.17, 15) is 4.79 Å². The number of rotatable bonds is 3. The van der Waals surface area contributed by atoms with E-state index in [2.05, 4.69) is 10.3 Å². The average molecular weight is 289 g/mol. The molecule has 18 heavy (non-hydrogen) atoms. The monoisotopic (exact) mass is 288 g/mol. The third kappa shape index (κ3) is 3.57. The molecule has 1 atom stereocenters. The minimum atomic E-state index is -0.188. The van der Waals surface area contributed by atoms with E-state index in [4.69, 9.17) is 27.9 Å². The van der Waals surface area contributed by atoms with E-state index in [0.29, 0.717) is 24.6 Å². The van der Waals surface area contributed by atoms with Crippen LogP contribution in [0.4, 0.5) is 0 Å². The minimum Gasteiger partial charge on any atom is -0.381 e. The Labute approximate surface area is 116 Å². The van der Waals surface area contributed by atoms with Crippen LogP contribution in [0, 0.1) is 5.92 Å². The van der Waals surface area contributed by atoms with Gasteiger partial charge < -0.3 is 10.1 Å². The SMILES string of the molecule is O=C(NCC1CCCOC1)c1cnc(Cl)c(Cl)c1. The number of carbonyl (C=O) groups excluding carboxylic acids is 1. The van der Waals surface area contributed by atoms with Gasteiger partial charge in [0.2, 0.25) is 0 Å². The number of pyridine rings is 1. The van der Waals surface area contributed by atoms with Gasteiger partial charge in [-0.25, -0.2) is 4.98 Å². The van der Waals surface area contributed by atoms with Crippen molar-refractivity contribution in [2.45, 2.75) is 12.8 Å². The van der Waals surface area contributed by atoms with Gasteiger partial charge in [-0.1, -0.05) is 23.2 Å². The molecular weight excluding hydrogens is 275 g/mol. The van der Waals surface area contributed by atoms with Crippen LogP contribution in [0.2, 0.25) is 10.2 Å². The van der Waals surface area contributed by atoms with Crippen molar-refractivity contribution in [2.24, 2.45) is 5.92 Å². The molecule has 6 heteroatoms. The van der Waals surface area contributed by atoms with Crippen LogP contribution < -0.4 is 5.32 Å². The van der Waals surface area contributed by atoms with E-state index in [1.165, 1.54) is 12.3 Å². The van der Waals surface area contributed by atoms with Gasteiger partial charge in [-0.3, -0.25) is 4.79 Å². The highest BCUT2D eigenvalue weighted by Gasteiger charge is 2.16. The minimum absolute atomic E-state index is 0.188. The molecule has 0 spiro atoms. The largest absolute Gasteiger partial charge is 0.381 e. The van der Waals surface area contributed by atoms with Crippen LogP contribution in [0.15, 0.2) is 12.3 Å². The van der Waals surface area contributed by atoms with Crippen molar-refractivity contribution in [2.75, 3.05) is 19.8 Å². The topological polar surface area (TPSA) is 51.2 Å². The Morgan fingerprint density at radius 2 is 2.39 bits per heavy atom. The Morgan fingerprint density at radius 3 is 3.06 bits per heavy atom. The molecule has 0 aromatic carbocycles. The van der Waals surface area contributed by atoms with E-state index in [1.807, 2.05) is 0 Å². The maximum Gasteiger partial charge on any atom is 0.252 e. The summed E-state index contributed by atoms with van der Waals surface area (Å²) in [5.74, 6) is 0.199. The van der Waals surface area contributed by atoms with Gasteiger partial charge in [0, 0.05) is 19.3 Å². The smallest absolute Gasteiger partial charge is 0.252 e. The fourth-order valence-corrected chi connectivity index (χ4v) is 2.12. The number of aromatic nitrogens is 1. The molecule has 2 heterocycles. The van der Waals surface area contributed by atoms with Gasteiger partial charge in [0.25, 0.3) is 5.91 Å². The maximum atomic E-state index is 11.9. The molecule has 1 fully saturated rings. The first-order valence-electron chi connectivity index (χ1n) is 5.84. The molecule has 0 saturated carbocycles. The van der Waals surface area contributed by atoms with Crippen LogP contribution >= 0.6 is 23.2 Å². The second-order valence-electron chi connectivity index (χ2n) is 4.29. The van der Waals surface area contributed by atoms with Crippen molar-refractivity contribution in [1.82, 2.24) is 10.3 Å². The Bertz CT molecular complexity index is 434. The fraction of sp³-hybridized carbons (Fsp3) is 0.500. The van der Waals surface area contributed by atoms with Gasteiger partial charge in [-0.15, -0.1) is 0 Å². The Kier molecular flexibility index (Phi) is 4.80. The van der Waals surface area contributed by atoms with E-state index in [1.54, 1.807) is 0 Å². The van der Waals surface area contributed by atoms with Gasteiger partial charge in [-0.05, 0) is 24.8 Å². The summed E-state index contributed by atoms with van der Waals surface area (Å²) < 4.78 is 5.35. The van der Waals surface area contributed by atoms with Gasteiger partial charge in [0.1, 0.15) is 5.15 Å². The van der Waals surface area contributed by atoms with Crippen LogP contribution in [0.1, 0.15) is 23.2 Å². The summed E-state index contributed by atoms with van der Waals surface area (Å²) >= 11 is 11.5. The number of halogens is 2. The second kappa shape index (κ2) is 6.36. The lowest BCUT2D eigenvalue weighted by Gasteiger charge is -2.22. The first-order valence-corrected chi connectivity index (χ1v) is 6.59. The highest BCUT2D eigenvalue weighted by Crippen LogP contribution is 2.19. The van der Waals surface area contributed by atoms with Gasteiger partial charge >= 0.3 is 0 Å². The molecule has 0 aliphatic carbocycles. The lowest BCUT2D eigenvalue weighted by atomic mass is 10.0. The summed E-state index contributed by atoms with van der Waals surface area (Å²) in [6.45, 7) is 2.14. The van der Waals surface area contributed by atoms with Crippen LogP contribution in [0.5, 0.6) is 0 Å². The molecule has 0 radical (unpaired) electrons. The summed E-state index contributed by atoms with van der Waals surface area (Å²) in [4.78, 5) is 15.7. The zero-order valence-electron chi connectivity index (χ0n) is 9.79. The molecule has 0 bridgehead atoms. The number of nitrogens with one attached hydrogen (secondary N) is 1. The summed E-state index contributed by atoms with van der Waals surface area (Å²) in [6.07, 6.45) is 3.55. The molecule has 1 saturated heterocycles. The molecule has 1 aromatic heterocycles. The molecule has 4 nitrogen and oxygen atoms in total. The van der Waals surface area contributed by atoms with Gasteiger partial charge in [0.15, 0.2) is 0 Å². The maximum absolute atomic E-state index is 11.9. The first kappa shape index (κ1) is 13.6. The third-order valence-corrected chi connectivity index (χ3v) is 3.55. The first-order chi connectivity index (χ1) is 8.66. The summed E-state index contributed by atoms with van der Waals surface area (Å²) in [7, 11) is 0. The molecule has 2 rings (SSSR count). The van der Waals surface area contributed by atoms with Gasteiger partial charge in [-0.2, -0.15) is 0 Å². The van der Waals surface area contributed by atoms with Crippen LogP contribution in [0.3, 0.4) is 0 Å². The van der Waals surface area contributed by atoms with Crippen molar-refractivity contribution >= 4 is 29.1 Å². The van der Waals surface area contributed by atoms with E-state index >= 15 is 0 Å². The molecule has 1 amide bonds. The summed E-state index contributed by atoms with van der Waals surface area (Å²) in [5.41, 5.74) is 0.418. The number of ether oxygens (including phenoxy) is 1. The lowest BCUT2D eigenvalue weighted by Crippen LogP contribution is -2.33. The third-order valence-electron chi connectivity index (χ3n) is 2.86. The molecule has 1 aliphatic heterocycles. The van der Waals surface area contributed by atoms with Crippen LogP contribution in [-0.4, -0.2) is 30.6 Å². The predicted molar refractivity (Wildman–Crippen MR) is 70.1 cm³/mol. The quantitative estimate of drug-likeness (QED) is 0.870. The molecule has 1 aromatic rings. The number of carbonyl (C=O) groups is 1. The van der Waals surface area contributed by atoms with Crippen LogP contribution in [-0.2, 0) is 4.74 Å². The zero-order valence-corrected chi connectivity index (χ0v) is 11.3. The number of nitrogens with zero attached hydrogens (tertiary/aromatic N) is 1. The lowest BCUT2D eigenvalue weighted by molar-refractivity contribution is 0.0536. The molecule has 1 N–H and O–H groups in total. The normalized spacial score (nSPS) is 19.6.